The third-order valence-electron chi connectivity index (χ3n) is 9.94. The third kappa shape index (κ3) is 7.52. The summed E-state index contributed by atoms with van der Waals surface area (Å²) in [5, 5.41) is 7.65. The number of pyridine rings is 1. The summed E-state index contributed by atoms with van der Waals surface area (Å²) in [7, 11) is -3.87. The highest BCUT2D eigenvalue weighted by Crippen LogP contribution is 2.46. The lowest BCUT2D eigenvalue weighted by Crippen LogP contribution is -2.60. The van der Waals surface area contributed by atoms with Crippen LogP contribution in [-0.2, 0) is 29.1 Å². The topological polar surface area (TPSA) is 177 Å². The van der Waals surface area contributed by atoms with E-state index < -0.39 is 68.0 Å². The van der Waals surface area contributed by atoms with Crippen molar-refractivity contribution in [3.05, 3.63) is 48.3 Å². The quantitative estimate of drug-likeness (QED) is 0.294. The predicted octanol–water partition coefficient (Wildman–Crippen LogP) is 3.64. The Hall–Kier alpha value is -3.85. The Morgan fingerprint density at radius 3 is 2.51 bits per heavy atom. The number of thiazole rings is 1. The number of hydrogen-bond acceptors (Lipinski definition) is 10. The maximum Gasteiger partial charge on any atom is 0.408 e. The predicted molar refractivity (Wildman–Crippen MR) is 183 cm³/mol. The lowest BCUT2D eigenvalue weighted by molar-refractivity contribution is -0.142. The minimum Gasteiger partial charge on any atom is -0.446 e. The molecule has 3 N–H and O–H groups in total. The van der Waals surface area contributed by atoms with Crippen molar-refractivity contribution in [1.82, 2.24) is 30.2 Å². The fraction of sp³-hybridized carbons (Fsp3) is 0.588. The summed E-state index contributed by atoms with van der Waals surface area (Å²) in [4.78, 5) is 65.6. The van der Waals surface area contributed by atoms with Crippen LogP contribution in [0.2, 0.25) is 0 Å². The number of rotatable bonds is 11. The van der Waals surface area contributed by atoms with Crippen molar-refractivity contribution < 1.29 is 32.3 Å². The Kier molecular flexibility index (Phi) is 9.61. The molecular formula is C34H44N6O7S2. The van der Waals surface area contributed by atoms with Crippen LogP contribution in [0, 0.1) is 11.3 Å². The highest BCUT2D eigenvalue weighted by molar-refractivity contribution is 7.91. The second-order valence-corrected chi connectivity index (χ2v) is 17.5. The van der Waals surface area contributed by atoms with Crippen molar-refractivity contribution in [3.63, 3.8) is 0 Å². The zero-order chi connectivity index (χ0) is 35.1. The van der Waals surface area contributed by atoms with Crippen LogP contribution in [0.4, 0.5) is 4.79 Å². The maximum atomic E-state index is 14.5. The van der Waals surface area contributed by atoms with Gasteiger partial charge in [0.25, 0.3) is 5.91 Å². The average Bonchev–Trinajstić information content (AvgIpc) is 3.82. The van der Waals surface area contributed by atoms with Gasteiger partial charge in [-0.05, 0) is 68.9 Å². The number of nitrogens with one attached hydrogen (secondary N) is 3. The van der Waals surface area contributed by atoms with Gasteiger partial charge >= 0.3 is 6.09 Å². The van der Waals surface area contributed by atoms with Crippen LogP contribution in [0.15, 0.2) is 42.6 Å². The molecule has 4 amide bonds. The van der Waals surface area contributed by atoms with E-state index in [1.54, 1.807) is 12.4 Å². The SMILES string of the molecule is C=C[C@@H]1C[C@]1(NC(=O)[C@@H]1C[C@@H](c2csc(-c3cccnc3)n2)CN1C(=O)C(NC(=O)OC1CCCC1)C(C)(C)C)C(=O)NS(=O)(=O)C1CC1. The molecule has 0 spiro atoms. The van der Waals surface area contributed by atoms with Crippen LogP contribution in [0.3, 0.4) is 0 Å². The first-order valence-electron chi connectivity index (χ1n) is 16.9. The van der Waals surface area contributed by atoms with E-state index in [9.17, 15) is 27.6 Å². The second kappa shape index (κ2) is 13.5. The van der Waals surface area contributed by atoms with Crippen LogP contribution in [-0.4, -0.2) is 82.6 Å². The standard InChI is InChI=1S/C34H44N6O7S2/c1-5-22-16-34(22,31(43)39-49(45,46)24-12-13-24)38-28(41)26-15-21(25-19-48-29(36-25)20-9-8-14-35-17-20)18-40(26)30(42)27(33(2,3)4)37-32(44)47-23-10-6-7-11-23/h5,8-9,14,17,19,21-24,26-27H,1,6-7,10-13,15-16,18H2,2-4H3,(H,37,44)(H,38,41)(H,39,43)/t21-,22-,26+,27?,34-/m1/s1. The first kappa shape index (κ1) is 35.0. The summed E-state index contributed by atoms with van der Waals surface area (Å²) >= 11 is 1.43. The van der Waals surface area contributed by atoms with E-state index in [1.807, 2.05) is 38.3 Å². The molecule has 49 heavy (non-hydrogen) atoms. The monoisotopic (exact) mass is 712 g/mol. The summed E-state index contributed by atoms with van der Waals surface area (Å²) < 4.78 is 33.1. The van der Waals surface area contributed by atoms with Crippen LogP contribution in [0.1, 0.15) is 83.7 Å². The molecule has 15 heteroatoms. The molecule has 2 aromatic rings. The van der Waals surface area contributed by atoms with Crippen molar-refractivity contribution in [3.8, 4) is 10.6 Å². The summed E-state index contributed by atoms with van der Waals surface area (Å²) in [6.07, 6.45) is 8.86. The lowest BCUT2D eigenvalue weighted by atomic mass is 9.85. The van der Waals surface area contributed by atoms with Crippen LogP contribution in [0.25, 0.3) is 10.6 Å². The van der Waals surface area contributed by atoms with Crippen molar-refractivity contribution >= 4 is 45.2 Å². The van der Waals surface area contributed by atoms with E-state index in [0.717, 1.165) is 36.3 Å². The number of sulfonamides is 1. The molecule has 0 bridgehead atoms. The van der Waals surface area contributed by atoms with E-state index in [-0.39, 0.29) is 31.4 Å². The normalized spacial score (nSPS) is 26.1. The molecule has 3 heterocycles. The number of likely N-dealkylation sites (tertiary alicyclic amines) is 1. The number of carbonyl (C=O) groups is 4. The first-order chi connectivity index (χ1) is 23.2. The van der Waals surface area contributed by atoms with E-state index in [1.165, 1.54) is 22.3 Å². The number of hydrogen-bond donors (Lipinski definition) is 3. The summed E-state index contributed by atoms with van der Waals surface area (Å²) in [6.45, 7) is 9.39. The molecule has 6 rings (SSSR count). The molecule has 264 valence electrons. The van der Waals surface area contributed by atoms with Gasteiger partial charge < -0.3 is 20.3 Å². The van der Waals surface area contributed by atoms with E-state index in [4.69, 9.17) is 9.72 Å². The molecule has 4 aliphatic rings. The number of aromatic nitrogens is 2. The van der Waals surface area contributed by atoms with E-state index in [2.05, 4.69) is 26.9 Å². The zero-order valence-electron chi connectivity index (χ0n) is 28.0. The largest absolute Gasteiger partial charge is 0.446 e. The summed E-state index contributed by atoms with van der Waals surface area (Å²) in [5.41, 5.74) is -0.706. The Morgan fingerprint density at radius 2 is 1.90 bits per heavy atom. The van der Waals surface area contributed by atoms with Crippen molar-refractivity contribution in [1.29, 1.82) is 0 Å². The number of alkyl carbamates (subject to hydrolysis) is 1. The number of nitrogens with zero attached hydrogens (tertiary/aromatic N) is 3. The van der Waals surface area contributed by atoms with Gasteiger partial charge in [-0.15, -0.1) is 17.9 Å². The Morgan fingerprint density at radius 1 is 1.16 bits per heavy atom. The van der Waals surface area contributed by atoms with Crippen LogP contribution < -0.4 is 15.4 Å². The number of ether oxygens (including phenoxy) is 1. The molecule has 5 atom stereocenters. The van der Waals surface area contributed by atoms with Gasteiger partial charge in [-0.2, -0.15) is 0 Å². The molecule has 1 aliphatic heterocycles. The fourth-order valence-electron chi connectivity index (χ4n) is 6.78. The van der Waals surface area contributed by atoms with E-state index >= 15 is 0 Å². The van der Waals surface area contributed by atoms with Gasteiger partial charge in [0, 0.05) is 41.7 Å². The molecule has 0 radical (unpaired) electrons. The molecule has 13 nitrogen and oxygen atoms in total. The first-order valence-corrected chi connectivity index (χ1v) is 19.3. The molecule has 3 saturated carbocycles. The molecule has 0 aromatic carbocycles. The van der Waals surface area contributed by atoms with Gasteiger partial charge in [0.1, 0.15) is 28.7 Å². The lowest BCUT2D eigenvalue weighted by Gasteiger charge is -2.35. The molecule has 4 fully saturated rings. The fourth-order valence-corrected chi connectivity index (χ4v) is 9.04. The van der Waals surface area contributed by atoms with Gasteiger partial charge in [0.05, 0.1) is 10.9 Å². The molecule has 3 aliphatic carbocycles. The average molecular weight is 713 g/mol. The molecule has 1 unspecified atom stereocenters. The van der Waals surface area contributed by atoms with Crippen molar-refractivity contribution in [2.45, 2.75) is 107 Å². The van der Waals surface area contributed by atoms with Gasteiger partial charge in [0.15, 0.2) is 0 Å². The highest BCUT2D eigenvalue weighted by Gasteiger charge is 2.62. The van der Waals surface area contributed by atoms with Gasteiger partial charge in [-0.1, -0.05) is 26.8 Å². The zero-order valence-corrected chi connectivity index (χ0v) is 29.6. The smallest absolute Gasteiger partial charge is 0.408 e. The maximum absolute atomic E-state index is 14.5. The Labute approximate surface area is 290 Å². The minimum atomic E-state index is -3.87. The van der Waals surface area contributed by atoms with Crippen molar-refractivity contribution in [2.24, 2.45) is 11.3 Å². The number of amides is 4. The molecular weight excluding hydrogens is 669 g/mol. The third-order valence-corrected chi connectivity index (χ3v) is 12.7. The highest BCUT2D eigenvalue weighted by atomic mass is 32.2. The van der Waals surface area contributed by atoms with Crippen LogP contribution in [0.5, 0.6) is 0 Å². The second-order valence-electron chi connectivity index (χ2n) is 14.7. The summed E-state index contributed by atoms with van der Waals surface area (Å²) in [5.74, 6) is -2.69. The van der Waals surface area contributed by atoms with Crippen molar-refractivity contribution in [2.75, 3.05) is 6.54 Å². The minimum absolute atomic E-state index is 0.138. The van der Waals surface area contributed by atoms with Gasteiger partial charge in [-0.3, -0.25) is 24.1 Å². The Balaban J connectivity index is 1.26. The van der Waals surface area contributed by atoms with E-state index in [0.29, 0.717) is 18.5 Å². The summed E-state index contributed by atoms with van der Waals surface area (Å²) in [6, 6.07) is 1.66. The molecule has 1 saturated heterocycles. The van der Waals surface area contributed by atoms with Gasteiger partial charge in [0.2, 0.25) is 21.8 Å². The van der Waals surface area contributed by atoms with Gasteiger partial charge in [-0.25, -0.2) is 18.2 Å². The van der Waals surface area contributed by atoms with Crippen LogP contribution >= 0.6 is 11.3 Å². The molecule has 2 aromatic heterocycles. The Bertz CT molecular complexity index is 1720. The number of carbonyl (C=O) groups excluding carboxylic acids is 4.